The highest BCUT2D eigenvalue weighted by atomic mass is 19.1. The van der Waals surface area contributed by atoms with Crippen molar-refractivity contribution >= 4 is 27.9 Å². The monoisotopic (exact) mass is 507 g/mol. The van der Waals surface area contributed by atoms with Gasteiger partial charge in [0.2, 0.25) is 0 Å². The third-order valence-corrected chi connectivity index (χ3v) is 6.68. The van der Waals surface area contributed by atoms with Crippen molar-refractivity contribution in [2.45, 2.75) is 6.04 Å². The fourth-order valence-corrected chi connectivity index (χ4v) is 4.75. The molecule has 10 nitrogen and oxygen atoms in total. The highest BCUT2D eigenvalue weighted by molar-refractivity contribution is 5.96. The van der Waals surface area contributed by atoms with Crippen LogP contribution in [0, 0.1) is 5.82 Å². The van der Waals surface area contributed by atoms with E-state index in [1.165, 1.54) is 19.2 Å². The van der Waals surface area contributed by atoms with E-state index in [0.29, 0.717) is 45.3 Å². The number of aromatic amines is 2. The van der Waals surface area contributed by atoms with Crippen LogP contribution in [0.4, 0.5) is 10.2 Å². The number of aromatic nitrogens is 7. The Morgan fingerprint density at radius 3 is 2.71 bits per heavy atom. The second-order valence-corrected chi connectivity index (χ2v) is 9.26. The lowest BCUT2D eigenvalue weighted by atomic mass is 10.0. The molecule has 188 valence electrons. The molecule has 0 radical (unpaired) electrons. The Kier molecular flexibility index (Phi) is 5.05. The normalized spacial score (nSPS) is 13.8. The van der Waals surface area contributed by atoms with Crippen molar-refractivity contribution in [2.75, 3.05) is 25.1 Å². The van der Waals surface area contributed by atoms with Crippen molar-refractivity contribution < 1.29 is 9.13 Å². The minimum Gasteiger partial charge on any atom is -0.497 e. The van der Waals surface area contributed by atoms with Gasteiger partial charge in [0.15, 0.2) is 11.5 Å². The first-order valence-corrected chi connectivity index (χ1v) is 12.1. The maximum absolute atomic E-state index is 14.2. The number of nitrogens with one attached hydrogen (secondary N) is 2. The molecule has 1 saturated heterocycles. The number of hydrogen-bond acceptors (Lipinski definition) is 8. The van der Waals surface area contributed by atoms with E-state index in [-0.39, 0.29) is 11.9 Å². The molecule has 7 rings (SSSR count). The molecule has 38 heavy (non-hydrogen) atoms. The van der Waals surface area contributed by atoms with Crippen LogP contribution in [0.3, 0.4) is 0 Å². The Morgan fingerprint density at radius 1 is 0.974 bits per heavy atom. The predicted octanol–water partition coefficient (Wildman–Crippen LogP) is 3.92. The number of imidazole rings is 1. The largest absolute Gasteiger partial charge is 0.497 e. The summed E-state index contributed by atoms with van der Waals surface area (Å²) in [5.41, 5.74) is 12.1. The minimum atomic E-state index is -0.383. The first-order valence-electron chi connectivity index (χ1n) is 12.1. The van der Waals surface area contributed by atoms with Gasteiger partial charge in [0.05, 0.1) is 41.7 Å². The van der Waals surface area contributed by atoms with Crippen molar-refractivity contribution in [1.82, 2.24) is 35.1 Å². The SMILES string of the molecule is COc1cc(F)cc(-c2cccc3[nH]c(-c4n[nH]c5ccc(-c6cncc(N7CC(N)C7)n6)nc45)nc23)c1. The molecule has 1 aliphatic heterocycles. The molecule has 5 heterocycles. The number of pyridine rings is 1. The summed E-state index contributed by atoms with van der Waals surface area (Å²) in [6, 6.07) is 14.3. The Labute approximate surface area is 215 Å². The number of benzene rings is 2. The van der Waals surface area contributed by atoms with Crippen LogP contribution in [-0.4, -0.2) is 61.4 Å². The summed E-state index contributed by atoms with van der Waals surface area (Å²) in [6.07, 6.45) is 3.43. The van der Waals surface area contributed by atoms with Gasteiger partial charge in [0, 0.05) is 30.8 Å². The highest BCUT2D eigenvalue weighted by Gasteiger charge is 2.25. The van der Waals surface area contributed by atoms with Gasteiger partial charge in [-0.05, 0) is 35.9 Å². The molecule has 0 bridgehead atoms. The zero-order valence-corrected chi connectivity index (χ0v) is 20.3. The summed E-state index contributed by atoms with van der Waals surface area (Å²) in [5, 5.41) is 7.53. The maximum atomic E-state index is 14.2. The van der Waals surface area contributed by atoms with E-state index in [4.69, 9.17) is 25.4 Å². The van der Waals surface area contributed by atoms with Gasteiger partial charge < -0.3 is 20.4 Å². The summed E-state index contributed by atoms with van der Waals surface area (Å²) >= 11 is 0. The average molecular weight is 508 g/mol. The summed E-state index contributed by atoms with van der Waals surface area (Å²) < 4.78 is 19.5. The van der Waals surface area contributed by atoms with E-state index in [0.717, 1.165) is 35.5 Å². The van der Waals surface area contributed by atoms with Crippen LogP contribution in [0.15, 0.2) is 60.9 Å². The molecule has 0 amide bonds. The number of methoxy groups -OCH3 is 1. The van der Waals surface area contributed by atoms with Gasteiger partial charge in [0.25, 0.3) is 0 Å². The predicted molar refractivity (Wildman–Crippen MR) is 142 cm³/mol. The fourth-order valence-electron chi connectivity index (χ4n) is 4.75. The molecule has 0 spiro atoms. The summed E-state index contributed by atoms with van der Waals surface area (Å²) in [4.78, 5) is 24.2. The quantitative estimate of drug-likeness (QED) is 0.320. The van der Waals surface area contributed by atoms with E-state index in [9.17, 15) is 4.39 Å². The van der Waals surface area contributed by atoms with Gasteiger partial charge >= 0.3 is 0 Å². The molecular formula is C27H22FN9O. The Morgan fingerprint density at radius 2 is 1.87 bits per heavy atom. The van der Waals surface area contributed by atoms with Crippen molar-refractivity contribution in [1.29, 1.82) is 0 Å². The molecule has 0 unspecified atom stereocenters. The molecule has 1 aliphatic rings. The molecule has 4 N–H and O–H groups in total. The number of hydrogen-bond donors (Lipinski definition) is 3. The van der Waals surface area contributed by atoms with E-state index < -0.39 is 0 Å². The van der Waals surface area contributed by atoms with Crippen molar-refractivity contribution in [3.63, 3.8) is 0 Å². The van der Waals surface area contributed by atoms with Gasteiger partial charge in [-0.3, -0.25) is 10.1 Å². The molecule has 0 atom stereocenters. The standard InChI is InChI=1S/C27H22FN9O/c1-38-17-8-14(7-15(28)9-17)18-3-2-4-20-24(18)34-27(33-20)26-25-21(35-36-26)6-5-19(32-25)22-10-30-11-23(31-22)37-12-16(29)13-37/h2-11,16H,12-13,29H2,1H3,(H,33,34)(H,35,36). The molecule has 0 aliphatic carbocycles. The van der Waals surface area contributed by atoms with Gasteiger partial charge in [0.1, 0.15) is 28.6 Å². The fraction of sp³-hybridized carbons (Fsp3) is 0.148. The highest BCUT2D eigenvalue weighted by Crippen LogP contribution is 2.33. The van der Waals surface area contributed by atoms with E-state index in [1.54, 1.807) is 18.5 Å². The average Bonchev–Trinajstić information content (AvgIpc) is 3.54. The van der Waals surface area contributed by atoms with Gasteiger partial charge in [-0.25, -0.2) is 19.3 Å². The lowest BCUT2D eigenvalue weighted by Gasteiger charge is -2.37. The van der Waals surface area contributed by atoms with Crippen molar-refractivity contribution in [3.8, 4) is 39.8 Å². The molecule has 1 fully saturated rings. The van der Waals surface area contributed by atoms with Crippen LogP contribution in [0.1, 0.15) is 0 Å². The third-order valence-electron chi connectivity index (χ3n) is 6.68. The topological polar surface area (TPSA) is 135 Å². The lowest BCUT2D eigenvalue weighted by Crippen LogP contribution is -2.56. The number of anilines is 1. The molecule has 4 aromatic heterocycles. The smallest absolute Gasteiger partial charge is 0.161 e. The Bertz CT molecular complexity index is 1820. The molecule has 0 saturated carbocycles. The minimum absolute atomic E-state index is 0.163. The number of ether oxygens (including phenoxy) is 1. The number of fused-ring (bicyclic) bond motifs is 2. The Hall–Kier alpha value is -4.90. The van der Waals surface area contributed by atoms with Crippen LogP contribution in [0.25, 0.3) is 56.1 Å². The number of H-pyrrole nitrogens is 2. The third kappa shape index (κ3) is 3.71. The second-order valence-electron chi connectivity index (χ2n) is 9.26. The van der Waals surface area contributed by atoms with Crippen molar-refractivity contribution in [3.05, 3.63) is 66.7 Å². The van der Waals surface area contributed by atoms with Gasteiger partial charge in [-0.1, -0.05) is 12.1 Å². The Balaban J connectivity index is 1.30. The number of rotatable bonds is 5. The van der Waals surface area contributed by atoms with Gasteiger partial charge in [-0.2, -0.15) is 5.10 Å². The van der Waals surface area contributed by atoms with Crippen LogP contribution < -0.4 is 15.4 Å². The lowest BCUT2D eigenvalue weighted by molar-refractivity contribution is 0.411. The van der Waals surface area contributed by atoms with Gasteiger partial charge in [-0.15, -0.1) is 0 Å². The molecule has 6 aromatic rings. The second kappa shape index (κ2) is 8.60. The zero-order chi connectivity index (χ0) is 25.8. The van der Waals surface area contributed by atoms with Crippen LogP contribution in [-0.2, 0) is 0 Å². The molecule has 2 aromatic carbocycles. The number of halogens is 1. The first-order chi connectivity index (χ1) is 18.6. The van der Waals surface area contributed by atoms with E-state index >= 15 is 0 Å². The maximum Gasteiger partial charge on any atom is 0.161 e. The molecular weight excluding hydrogens is 485 g/mol. The summed E-state index contributed by atoms with van der Waals surface area (Å²) in [5.74, 6) is 1.37. The van der Waals surface area contributed by atoms with Crippen LogP contribution >= 0.6 is 0 Å². The molecule has 11 heteroatoms. The summed E-state index contributed by atoms with van der Waals surface area (Å²) in [6.45, 7) is 1.51. The van der Waals surface area contributed by atoms with Crippen molar-refractivity contribution in [2.24, 2.45) is 5.73 Å². The number of nitrogens with two attached hydrogens (primary N) is 1. The number of nitrogens with zero attached hydrogens (tertiary/aromatic N) is 6. The van der Waals surface area contributed by atoms with E-state index in [2.05, 4.69) is 25.1 Å². The van der Waals surface area contributed by atoms with Crippen LogP contribution in [0.5, 0.6) is 5.75 Å². The van der Waals surface area contributed by atoms with E-state index in [1.807, 2.05) is 30.3 Å². The first kappa shape index (κ1) is 22.3. The number of para-hydroxylation sites is 1. The van der Waals surface area contributed by atoms with Crippen LogP contribution in [0.2, 0.25) is 0 Å². The zero-order valence-electron chi connectivity index (χ0n) is 20.3. The summed E-state index contributed by atoms with van der Waals surface area (Å²) in [7, 11) is 1.51.